The van der Waals surface area contributed by atoms with E-state index in [1.165, 1.54) is 0 Å². The average Bonchev–Trinajstić information content (AvgIpc) is 2.11. The van der Waals surface area contributed by atoms with Crippen molar-refractivity contribution in [3.63, 3.8) is 0 Å². The van der Waals surface area contributed by atoms with E-state index in [2.05, 4.69) is 72.8 Å². The molecule has 0 unspecified atom stereocenters. The monoisotopic (exact) mass is 299 g/mol. The van der Waals surface area contributed by atoms with Crippen LogP contribution in [0.4, 0.5) is 5.82 Å². The van der Waals surface area contributed by atoms with Crippen molar-refractivity contribution in [3.8, 4) is 0 Å². The lowest BCUT2D eigenvalue weighted by Crippen LogP contribution is -2.22. The highest BCUT2D eigenvalue weighted by atomic mass is 79.9. The second-order valence-electron chi connectivity index (χ2n) is 6.56. The summed E-state index contributed by atoms with van der Waals surface area (Å²) in [7, 11) is 0. The normalized spacial score (nSPS) is 12.6. The van der Waals surface area contributed by atoms with Gasteiger partial charge in [-0.05, 0) is 21.3 Å². The van der Waals surface area contributed by atoms with E-state index in [1.54, 1.807) is 0 Å². The summed E-state index contributed by atoms with van der Waals surface area (Å²) in [5, 5.41) is 3.36. The van der Waals surface area contributed by atoms with Crippen LogP contribution in [-0.4, -0.2) is 16.5 Å². The molecule has 0 aliphatic heterocycles. The second-order valence-corrected chi connectivity index (χ2v) is 7.38. The fraction of sp³-hybridized carbons (Fsp3) is 0.692. The number of halogens is 1. The molecule has 0 saturated carbocycles. The number of anilines is 1. The molecule has 1 aromatic heterocycles. The number of hydrogen-bond donors (Lipinski definition) is 1. The lowest BCUT2D eigenvalue weighted by Gasteiger charge is -2.21. The van der Waals surface area contributed by atoms with Crippen molar-refractivity contribution in [2.45, 2.75) is 47.0 Å². The molecule has 0 aliphatic carbocycles. The zero-order valence-corrected chi connectivity index (χ0v) is 13.1. The molecule has 0 radical (unpaired) electrons. The predicted molar refractivity (Wildman–Crippen MR) is 76.4 cm³/mol. The molecule has 1 rings (SSSR count). The summed E-state index contributed by atoms with van der Waals surface area (Å²) in [5.74, 6) is 1.73. The van der Waals surface area contributed by atoms with Crippen LogP contribution < -0.4 is 5.32 Å². The third-order valence-corrected chi connectivity index (χ3v) is 2.57. The molecule has 17 heavy (non-hydrogen) atoms. The maximum Gasteiger partial charge on any atom is 0.137 e. The fourth-order valence-corrected chi connectivity index (χ4v) is 1.58. The first-order chi connectivity index (χ1) is 7.58. The van der Waals surface area contributed by atoms with Gasteiger partial charge in [-0.3, -0.25) is 0 Å². The Hall–Kier alpha value is -0.640. The van der Waals surface area contributed by atoms with Gasteiger partial charge >= 0.3 is 0 Å². The van der Waals surface area contributed by atoms with Crippen molar-refractivity contribution in [2.24, 2.45) is 5.41 Å². The van der Waals surface area contributed by atoms with Crippen LogP contribution in [0.5, 0.6) is 0 Å². The topological polar surface area (TPSA) is 37.8 Å². The molecule has 1 heterocycles. The summed E-state index contributed by atoms with van der Waals surface area (Å²) in [5.41, 5.74) is 0.196. The molecule has 96 valence electrons. The molecule has 1 N–H and O–H groups in total. The van der Waals surface area contributed by atoms with Gasteiger partial charge in [0.05, 0.1) is 0 Å². The zero-order chi connectivity index (χ0) is 13.3. The van der Waals surface area contributed by atoms with Crippen molar-refractivity contribution in [3.05, 3.63) is 16.5 Å². The van der Waals surface area contributed by atoms with Gasteiger partial charge in [-0.15, -0.1) is 0 Å². The van der Waals surface area contributed by atoms with Crippen molar-refractivity contribution in [1.82, 2.24) is 9.97 Å². The van der Waals surface area contributed by atoms with E-state index in [1.807, 2.05) is 6.07 Å². The molecule has 0 atom stereocenters. The third kappa shape index (κ3) is 5.02. The molecule has 0 bridgehead atoms. The summed E-state index contributed by atoms with van der Waals surface area (Å²) in [6, 6.07) is 1.92. The maximum absolute atomic E-state index is 4.56. The Balaban J connectivity index is 2.91. The van der Waals surface area contributed by atoms with Gasteiger partial charge in [0.15, 0.2) is 0 Å². The first-order valence-corrected chi connectivity index (χ1v) is 6.66. The van der Waals surface area contributed by atoms with Crippen molar-refractivity contribution < 1.29 is 0 Å². The largest absolute Gasteiger partial charge is 0.369 e. The van der Waals surface area contributed by atoms with Gasteiger partial charge in [-0.25, -0.2) is 9.97 Å². The van der Waals surface area contributed by atoms with Crippen LogP contribution in [0.3, 0.4) is 0 Å². The van der Waals surface area contributed by atoms with E-state index < -0.39 is 0 Å². The van der Waals surface area contributed by atoms with Gasteiger partial charge in [0.25, 0.3) is 0 Å². The quantitative estimate of drug-likeness (QED) is 0.839. The highest BCUT2D eigenvalue weighted by Crippen LogP contribution is 2.23. The lowest BCUT2D eigenvalue weighted by molar-refractivity contribution is 0.442. The van der Waals surface area contributed by atoms with Gasteiger partial charge in [-0.2, -0.15) is 0 Å². The molecule has 0 fully saturated rings. The average molecular weight is 300 g/mol. The van der Waals surface area contributed by atoms with E-state index >= 15 is 0 Å². The Labute approximate surface area is 113 Å². The third-order valence-electron chi connectivity index (χ3n) is 2.17. The second kappa shape index (κ2) is 4.92. The van der Waals surface area contributed by atoms with E-state index in [9.17, 15) is 0 Å². The molecule has 0 spiro atoms. The Morgan fingerprint density at radius 3 is 2.18 bits per heavy atom. The van der Waals surface area contributed by atoms with Crippen molar-refractivity contribution in [2.75, 3.05) is 11.9 Å². The minimum absolute atomic E-state index is 0.0397. The number of nitrogens with one attached hydrogen (secondary N) is 1. The van der Waals surface area contributed by atoms with Gasteiger partial charge in [0.1, 0.15) is 16.2 Å². The maximum atomic E-state index is 4.56. The fourth-order valence-electron chi connectivity index (χ4n) is 1.20. The van der Waals surface area contributed by atoms with Crippen LogP contribution in [0.15, 0.2) is 10.7 Å². The number of aromatic nitrogens is 2. The van der Waals surface area contributed by atoms with Gasteiger partial charge in [0, 0.05) is 18.0 Å². The van der Waals surface area contributed by atoms with Crippen LogP contribution in [0, 0.1) is 5.41 Å². The lowest BCUT2D eigenvalue weighted by atomic mass is 9.95. The Morgan fingerprint density at radius 1 is 1.12 bits per heavy atom. The minimum Gasteiger partial charge on any atom is -0.369 e. The molecule has 0 amide bonds. The minimum atomic E-state index is -0.0397. The van der Waals surface area contributed by atoms with Crippen LogP contribution in [-0.2, 0) is 5.41 Å². The van der Waals surface area contributed by atoms with E-state index in [0.717, 1.165) is 22.8 Å². The number of hydrogen-bond acceptors (Lipinski definition) is 3. The molecule has 0 aromatic carbocycles. The van der Waals surface area contributed by atoms with Crippen LogP contribution in [0.2, 0.25) is 0 Å². The molecule has 4 heteroatoms. The predicted octanol–water partition coefficient (Wildman–Crippen LogP) is 3.99. The molecule has 0 aliphatic rings. The van der Waals surface area contributed by atoms with E-state index in [-0.39, 0.29) is 10.8 Å². The number of nitrogens with zero attached hydrogens (tertiary/aromatic N) is 2. The summed E-state index contributed by atoms with van der Waals surface area (Å²) in [6.45, 7) is 13.8. The number of rotatable bonds is 2. The SMILES string of the molecule is CC(C)(C)CNc1cc(Br)nc(C(C)(C)C)n1. The summed E-state index contributed by atoms with van der Waals surface area (Å²) < 4.78 is 0.828. The first kappa shape index (κ1) is 14.4. The zero-order valence-electron chi connectivity index (χ0n) is 11.6. The standard InChI is InChI=1S/C13H22BrN3/c1-12(2,3)8-15-10-7-9(14)16-11(17-10)13(4,5)6/h7H,8H2,1-6H3,(H,15,16,17). The first-order valence-electron chi connectivity index (χ1n) is 5.87. The van der Waals surface area contributed by atoms with Crippen LogP contribution in [0.25, 0.3) is 0 Å². The highest BCUT2D eigenvalue weighted by molar-refractivity contribution is 9.10. The van der Waals surface area contributed by atoms with Gasteiger partial charge in [0.2, 0.25) is 0 Å². The Bertz CT molecular complexity index is 389. The van der Waals surface area contributed by atoms with Crippen LogP contribution in [0.1, 0.15) is 47.4 Å². The molecule has 1 aromatic rings. The molecular formula is C13H22BrN3. The van der Waals surface area contributed by atoms with Crippen LogP contribution >= 0.6 is 15.9 Å². The highest BCUT2D eigenvalue weighted by Gasteiger charge is 2.19. The van der Waals surface area contributed by atoms with Gasteiger partial charge in [-0.1, -0.05) is 41.5 Å². The van der Waals surface area contributed by atoms with E-state index in [4.69, 9.17) is 0 Å². The molecule has 3 nitrogen and oxygen atoms in total. The smallest absolute Gasteiger partial charge is 0.137 e. The van der Waals surface area contributed by atoms with E-state index in [0.29, 0.717) is 0 Å². The summed E-state index contributed by atoms with van der Waals surface area (Å²) in [4.78, 5) is 8.97. The molecular weight excluding hydrogens is 278 g/mol. The molecule has 0 saturated heterocycles. The summed E-state index contributed by atoms with van der Waals surface area (Å²) >= 11 is 3.43. The van der Waals surface area contributed by atoms with Crippen molar-refractivity contribution >= 4 is 21.7 Å². The van der Waals surface area contributed by atoms with Crippen molar-refractivity contribution in [1.29, 1.82) is 0 Å². The Morgan fingerprint density at radius 2 is 1.71 bits per heavy atom. The Kier molecular flexibility index (Phi) is 4.18. The summed E-state index contributed by atoms with van der Waals surface area (Å²) in [6.07, 6.45) is 0. The van der Waals surface area contributed by atoms with Gasteiger partial charge < -0.3 is 5.32 Å².